The van der Waals surface area contributed by atoms with Crippen molar-refractivity contribution in [2.24, 2.45) is 5.92 Å². The lowest BCUT2D eigenvalue weighted by molar-refractivity contribution is 0.376. The van der Waals surface area contributed by atoms with Crippen LogP contribution in [0.2, 0.25) is 0 Å². The second-order valence-corrected chi connectivity index (χ2v) is 7.28. The topological polar surface area (TPSA) is 58.2 Å². The van der Waals surface area contributed by atoms with Crippen LogP contribution in [-0.4, -0.2) is 28.1 Å². The summed E-state index contributed by atoms with van der Waals surface area (Å²) in [4.78, 5) is 0.365. The minimum atomic E-state index is -3.46. The lowest BCUT2D eigenvalue weighted by atomic mass is 10.0. The van der Waals surface area contributed by atoms with E-state index in [9.17, 15) is 8.42 Å². The number of sulfonamides is 1. The zero-order valence-electron chi connectivity index (χ0n) is 11.9. The normalized spacial score (nSPS) is 19.7. The number of piperidine rings is 1. The zero-order valence-corrected chi connectivity index (χ0v) is 12.7. The Labute approximate surface area is 125 Å². The van der Waals surface area contributed by atoms with Crippen molar-refractivity contribution in [3.8, 4) is 0 Å². The minimum Gasteiger partial charge on any atom is -0.316 e. The molecule has 0 amide bonds. The van der Waals surface area contributed by atoms with Gasteiger partial charge in [-0.2, -0.15) is 0 Å². The third-order valence-electron chi connectivity index (χ3n) is 4.00. The van der Waals surface area contributed by atoms with E-state index in [0.29, 0.717) is 17.4 Å². The summed E-state index contributed by atoms with van der Waals surface area (Å²) in [6, 6.07) is 13.0. The van der Waals surface area contributed by atoms with Gasteiger partial charge in [0.15, 0.2) is 0 Å². The summed E-state index contributed by atoms with van der Waals surface area (Å²) in [5, 5.41) is 5.02. The second-order valence-electron chi connectivity index (χ2n) is 5.54. The third-order valence-corrected chi connectivity index (χ3v) is 5.48. The van der Waals surface area contributed by atoms with Gasteiger partial charge in [-0.25, -0.2) is 13.1 Å². The van der Waals surface area contributed by atoms with Crippen molar-refractivity contribution in [3.63, 3.8) is 0 Å². The molecule has 112 valence electrons. The van der Waals surface area contributed by atoms with Gasteiger partial charge in [-0.15, -0.1) is 0 Å². The van der Waals surface area contributed by atoms with Crippen molar-refractivity contribution < 1.29 is 8.42 Å². The first-order chi connectivity index (χ1) is 10.2. The number of hydrogen-bond acceptors (Lipinski definition) is 3. The largest absolute Gasteiger partial charge is 0.316 e. The molecule has 1 heterocycles. The minimum absolute atomic E-state index is 0.365. The average Bonchev–Trinajstić information content (AvgIpc) is 2.53. The predicted molar refractivity (Wildman–Crippen MR) is 84.7 cm³/mol. The van der Waals surface area contributed by atoms with Gasteiger partial charge in [0.25, 0.3) is 0 Å². The fourth-order valence-electron chi connectivity index (χ4n) is 2.83. The maximum absolute atomic E-state index is 12.6. The number of rotatable bonds is 4. The highest BCUT2D eigenvalue weighted by atomic mass is 32.2. The first kappa shape index (κ1) is 14.5. The summed E-state index contributed by atoms with van der Waals surface area (Å²) in [6.45, 7) is 2.42. The van der Waals surface area contributed by atoms with Crippen LogP contribution in [0.4, 0.5) is 0 Å². The van der Waals surface area contributed by atoms with E-state index in [-0.39, 0.29) is 0 Å². The summed E-state index contributed by atoms with van der Waals surface area (Å²) >= 11 is 0. The Hall–Kier alpha value is -1.43. The number of nitrogens with one attached hydrogen (secondary N) is 2. The van der Waals surface area contributed by atoms with E-state index in [1.165, 1.54) is 0 Å². The van der Waals surface area contributed by atoms with Crippen LogP contribution in [0.3, 0.4) is 0 Å². The number of hydrogen-bond donors (Lipinski definition) is 2. The first-order valence-electron chi connectivity index (χ1n) is 7.35. The van der Waals surface area contributed by atoms with Gasteiger partial charge < -0.3 is 5.32 Å². The molecule has 1 aliphatic heterocycles. The van der Waals surface area contributed by atoms with Crippen molar-refractivity contribution in [3.05, 3.63) is 42.5 Å². The van der Waals surface area contributed by atoms with E-state index in [0.717, 1.165) is 36.7 Å². The summed E-state index contributed by atoms with van der Waals surface area (Å²) in [5.41, 5.74) is 0. The van der Waals surface area contributed by atoms with E-state index in [4.69, 9.17) is 0 Å². The maximum atomic E-state index is 12.6. The van der Waals surface area contributed by atoms with Gasteiger partial charge in [0.1, 0.15) is 0 Å². The van der Waals surface area contributed by atoms with Crippen molar-refractivity contribution in [1.82, 2.24) is 10.0 Å². The van der Waals surface area contributed by atoms with Gasteiger partial charge in [0.05, 0.1) is 4.90 Å². The summed E-state index contributed by atoms with van der Waals surface area (Å²) in [5.74, 6) is 0.378. The lowest BCUT2D eigenvalue weighted by Crippen LogP contribution is -2.38. The molecule has 0 spiro atoms. The molecule has 0 radical (unpaired) electrons. The summed E-state index contributed by atoms with van der Waals surface area (Å²) in [6.07, 6.45) is 2.19. The average molecular weight is 304 g/mol. The van der Waals surface area contributed by atoms with Crippen LogP contribution in [0.5, 0.6) is 0 Å². The number of fused-ring (bicyclic) bond motifs is 1. The van der Waals surface area contributed by atoms with Gasteiger partial charge in [-0.05, 0) is 43.3 Å². The SMILES string of the molecule is O=S(=O)(NCC1CCCNC1)c1cccc2ccccc12. The molecular formula is C16H20N2O2S. The van der Waals surface area contributed by atoms with E-state index in [2.05, 4.69) is 10.0 Å². The van der Waals surface area contributed by atoms with Crippen molar-refractivity contribution in [2.75, 3.05) is 19.6 Å². The second kappa shape index (κ2) is 6.13. The van der Waals surface area contributed by atoms with Gasteiger partial charge in [-0.3, -0.25) is 0 Å². The van der Waals surface area contributed by atoms with Crippen LogP contribution in [0.1, 0.15) is 12.8 Å². The molecule has 1 fully saturated rings. The molecule has 1 atom stereocenters. The molecule has 1 saturated heterocycles. The highest BCUT2D eigenvalue weighted by Crippen LogP contribution is 2.22. The molecule has 2 N–H and O–H groups in total. The highest BCUT2D eigenvalue weighted by molar-refractivity contribution is 7.89. The standard InChI is InChI=1S/C16H20N2O2S/c19-21(20,18-12-13-5-4-10-17-11-13)16-9-3-7-14-6-1-2-8-15(14)16/h1-3,6-9,13,17-18H,4-5,10-12H2. The smallest absolute Gasteiger partial charge is 0.241 e. The Bertz CT molecular complexity index is 717. The molecule has 0 aromatic heterocycles. The van der Waals surface area contributed by atoms with Gasteiger partial charge in [-0.1, -0.05) is 36.4 Å². The third kappa shape index (κ3) is 3.26. The van der Waals surface area contributed by atoms with Crippen LogP contribution in [0, 0.1) is 5.92 Å². The van der Waals surface area contributed by atoms with Crippen LogP contribution < -0.4 is 10.0 Å². The van der Waals surface area contributed by atoms with Gasteiger partial charge in [0.2, 0.25) is 10.0 Å². The van der Waals surface area contributed by atoms with E-state index < -0.39 is 10.0 Å². The van der Waals surface area contributed by atoms with Gasteiger partial charge in [0, 0.05) is 11.9 Å². The molecule has 1 unspecified atom stereocenters. The van der Waals surface area contributed by atoms with E-state index >= 15 is 0 Å². The predicted octanol–water partition coefficient (Wildman–Crippen LogP) is 2.12. The maximum Gasteiger partial charge on any atom is 0.241 e. The molecule has 5 heteroatoms. The van der Waals surface area contributed by atoms with Crippen molar-refractivity contribution in [2.45, 2.75) is 17.7 Å². The summed E-state index contributed by atoms with van der Waals surface area (Å²) in [7, 11) is -3.46. The molecule has 4 nitrogen and oxygen atoms in total. The molecule has 1 aliphatic rings. The monoisotopic (exact) mass is 304 g/mol. The molecule has 0 aliphatic carbocycles. The summed E-state index contributed by atoms with van der Waals surface area (Å²) < 4.78 is 27.9. The zero-order chi connectivity index (χ0) is 14.7. The highest BCUT2D eigenvalue weighted by Gasteiger charge is 2.20. The molecule has 2 aromatic carbocycles. The Morgan fingerprint density at radius 3 is 2.76 bits per heavy atom. The van der Waals surface area contributed by atoms with Gasteiger partial charge >= 0.3 is 0 Å². The fraction of sp³-hybridized carbons (Fsp3) is 0.375. The molecule has 0 bridgehead atoms. The lowest BCUT2D eigenvalue weighted by Gasteiger charge is -2.23. The Morgan fingerprint density at radius 1 is 1.14 bits per heavy atom. The first-order valence-corrected chi connectivity index (χ1v) is 8.83. The molecule has 2 aromatic rings. The molecule has 3 rings (SSSR count). The van der Waals surface area contributed by atoms with Crippen LogP contribution >= 0.6 is 0 Å². The van der Waals surface area contributed by atoms with Crippen molar-refractivity contribution >= 4 is 20.8 Å². The van der Waals surface area contributed by atoms with Crippen LogP contribution in [-0.2, 0) is 10.0 Å². The quantitative estimate of drug-likeness (QED) is 0.909. The van der Waals surface area contributed by atoms with Crippen LogP contribution in [0.25, 0.3) is 10.8 Å². The van der Waals surface area contributed by atoms with Crippen LogP contribution in [0.15, 0.2) is 47.4 Å². The van der Waals surface area contributed by atoms with Crippen molar-refractivity contribution in [1.29, 1.82) is 0 Å². The number of benzene rings is 2. The molecule has 0 saturated carbocycles. The molecule has 21 heavy (non-hydrogen) atoms. The Kier molecular flexibility index (Phi) is 4.24. The Morgan fingerprint density at radius 2 is 1.95 bits per heavy atom. The van der Waals surface area contributed by atoms with E-state index in [1.807, 2.05) is 30.3 Å². The fourth-order valence-corrected chi connectivity index (χ4v) is 4.18. The molecular weight excluding hydrogens is 284 g/mol. The Balaban J connectivity index is 1.83. The van der Waals surface area contributed by atoms with E-state index in [1.54, 1.807) is 12.1 Å².